The van der Waals surface area contributed by atoms with Gasteiger partial charge in [-0.25, -0.2) is 8.42 Å². The molecular formula is C14H19F3N2O4S. The molecule has 0 fully saturated rings. The molecule has 0 aliphatic carbocycles. The van der Waals surface area contributed by atoms with Gasteiger partial charge in [-0.1, -0.05) is 12.1 Å². The summed E-state index contributed by atoms with van der Waals surface area (Å²) in [6.07, 6.45) is -3.78. The van der Waals surface area contributed by atoms with Crippen LogP contribution in [0.1, 0.15) is 12.0 Å². The first kappa shape index (κ1) is 20.2. The van der Waals surface area contributed by atoms with Gasteiger partial charge >= 0.3 is 6.36 Å². The van der Waals surface area contributed by atoms with E-state index in [4.69, 9.17) is 5.73 Å². The first-order valence-electron chi connectivity index (χ1n) is 6.90. The van der Waals surface area contributed by atoms with Crippen LogP contribution in [0.5, 0.6) is 5.75 Å². The van der Waals surface area contributed by atoms with Crippen molar-refractivity contribution in [2.75, 3.05) is 19.1 Å². The van der Waals surface area contributed by atoms with Crippen LogP contribution < -0.4 is 10.5 Å². The number of benzene rings is 1. The third-order valence-electron chi connectivity index (χ3n) is 3.04. The molecule has 24 heavy (non-hydrogen) atoms. The first-order valence-corrected chi connectivity index (χ1v) is 8.96. The lowest BCUT2D eigenvalue weighted by molar-refractivity contribution is -0.274. The predicted octanol–water partition coefficient (Wildman–Crippen LogP) is 1.31. The number of hydrogen-bond acceptors (Lipinski definition) is 5. The number of nitrogens with two attached hydrogens (primary N) is 1. The van der Waals surface area contributed by atoms with Crippen LogP contribution in [-0.4, -0.2) is 50.7 Å². The van der Waals surface area contributed by atoms with Gasteiger partial charge in [-0.3, -0.25) is 4.79 Å². The number of carbonyl (C=O) groups excluding carboxylic acids is 1. The van der Waals surface area contributed by atoms with Crippen LogP contribution in [-0.2, 0) is 21.2 Å². The number of likely N-dealkylation sites (N-methyl/N-ethyl adjacent to an activating group) is 1. The quantitative estimate of drug-likeness (QED) is 0.784. The van der Waals surface area contributed by atoms with Crippen molar-refractivity contribution in [2.24, 2.45) is 5.73 Å². The molecule has 6 nitrogen and oxygen atoms in total. The lowest BCUT2D eigenvalue weighted by atomic mass is 10.1. The summed E-state index contributed by atoms with van der Waals surface area (Å²) >= 11 is 0. The molecule has 0 aliphatic heterocycles. The summed E-state index contributed by atoms with van der Waals surface area (Å²) in [5.41, 5.74) is 6.08. The van der Waals surface area contributed by atoms with Gasteiger partial charge in [0.05, 0.1) is 11.8 Å². The molecule has 1 aromatic rings. The zero-order valence-electron chi connectivity index (χ0n) is 13.2. The van der Waals surface area contributed by atoms with Gasteiger partial charge in [0.2, 0.25) is 5.91 Å². The van der Waals surface area contributed by atoms with E-state index in [9.17, 15) is 26.4 Å². The second-order valence-electron chi connectivity index (χ2n) is 5.41. The Bertz CT molecular complexity index is 677. The monoisotopic (exact) mass is 368 g/mol. The molecule has 136 valence electrons. The Labute approximate surface area is 138 Å². The van der Waals surface area contributed by atoms with Crippen molar-refractivity contribution >= 4 is 15.7 Å². The van der Waals surface area contributed by atoms with Gasteiger partial charge in [0, 0.05) is 19.8 Å². The number of halogens is 3. The number of carbonyl (C=O) groups is 1. The maximum Gasteiger partial charge on any atom is 0.573 e. The Kier molecular flexibility index (Phi) is 6.61. The smallest absolute Gasteiger partial charge is 0.406 e. The second-order valence-corrected chi connectivity index (χ2v) is 7.67. The highest BCUT2D eigenvalue weighted by Crippen LogP contribution is 2.23. The van der Waals surface area contributed by atoms with Gasteiger partial charge in [-0.2, -0.15) is 0 Å². The Hall–Kier alpha value is -1.81. The highest BCUT2D eigenvalue weighted by molar-refractivity contribution is 7.90. The SMILES string of the molecule is CN(Cc1cccc(OC(F)(F)F)c1)C(=O)C(N)CCS(C)(=O)=O. The van der Waals surface area contributed by atoms with E-state index in [0.717, 1.165) is 12.3 Å². The molecule has 0 spiro atoms. The van der Waals surface area contributed by atoms with E-state index in [-0.39, 0.29) is 24.5 Å². The molecule has 10 heteroatoms. The van der Waals surface area contributed by atoms with Crippen molar-refractivity contribution < 1.29 is 31.1 Å². The van der Waals surface area contributed by atoms with Gasteiger partial charge in [0.25, 0.3) is 0 Å². The number of rotatable bonds is 7. The van der Waals surface area contributed by atoms with Crippen LogP contribution in [0.4, 0.5) is 13.2 Å². The standard InChI is InChI=1S/C14H19F3N2O4S/c1-19(13(20)12(18)6-7-24(2,21)22)9-10-4-3-5-11(8-10)23-14(15,16)17/h3-5,8,12H,6-7,9,18H2,1-2H3. The van der Waals surface area contributed by atoms with E-state index in [2.05, 4.69) is 4.74 Å². The zero-order valence-corrected chi connectivity index (χ0v) is 14.0. The summed E-state index contributed by atoms with van der Waals surface area (Å²) in [5.74, 6) is -1.11. The van der Waals surface area contributed by atoms with Gasteiger partial charge in [-0.05, 0) is 24.1 Å². The summed E-state index contributed by atoms with van der Waals surface area (Å²) in [7, 11) is -1.80. The normalized spacial score (nSPS) is 13.4. The molecule has 0 aromatic heterocycles. The molecule has 1 unspecified atom stereocenters. The second kappa shape index (κ2) is 7.84. The van der Waals surface area contributed by atoms with Crippen molar-refractivity contribution in [2.45, 2.75) is 25.4 Å². The van der Waals surface area contributed by atoms with Crippen molar-refractivity contribution in [1.29, 1.82) is 0 Å². The van der Waals surface area contributed by atoms with Crippen molar-refractivity contribution in [3.8, 4) is 5.75 Å². The molecule has 1 aromatic carbocycles. The number of sulfone groups is 1. The minimum absolute atomic E-state index is 0.0144. The topological polar surface area (TPSA) is 89.7 Å². The molecule has 1 rings (SSSR count). The van der Waals surface area contributed by atoms with E-state index in [1.807, 2.05) is 0 Å². The van der Waals surface area contributed by atoms with Gasteiger partial charge in [-0.15, -0.1) is 13.2 Å². The van der Waals surface area contributed by atoms with E-state index in [1.54, 1.807) is 0 Å². The van der Waals surface area contributed by atoms with Crippen LogP contribution in [0.3, 0.4) is 0 Å². The average Bonchev–Trinajstić information content (AvgIpc) is 2.41. The molecular weight excluding hydrogens is 349 g/mol. The number of amides is 1. The van der Waals surface area contributed by atoms with Crippen molar-refractivity contribution in [1.82, 2.24) is 4.90 Å². The average molecular weight is 368 g/mol. The third kappa shape index (κ3) is 7.64. The molecule has 0 saturated carbocycles. The summed E-state index contributed by atoms with van der Waals surface area (Å²) < 4.78 is 62.6. The van der Waals surface area contributed by atoms with E-state index < -0.39 is 28.1 Å². The molecule has 2 N–H and O–H groups in total. The number of alkyl halides is 3. The number of hydrogen-bond donors (Lipinski definition) is 1. The summed E-state index contributed by atoms with van der Waals surface area (Å²) in [6, 6.07) is 4.22. The number of nitrogens with zero attached hydrogens (tertiary/aromatic N) is 1. The summed E-state index contributed by atoms with van der Waals surface area (Å²) in [6.45, 7) is 0.0144. The Morgan fingerprint density at radius 1 is 1.38 bits per heavy atom. The van der Waals surface area contributed by atoms with Crippen LogP contribution >= 0.6 is 0 Å². The first-order chi connectivity index (χ1) is 10.9. The Balaban J connectivity index is 2.68. The van der Waals surface area contributed by atoms with E-state index in [1.165, 1.54) is 30.1 Å². The molecule has 1 atom stereocenters. The molecule has 0 heterocycles. The van der Waals surface area contributed by atoms with Crippen molar-refractivity contribution in [3.63, 3.8) is 0 Å². The fourth-order valence-electron chi connectivity index (χ4n) is 1.94. The lowest BCUT2D eigenvalue weighted by Gasteiger charge is -2.21. The maximum absolute atomic E-state index is 12.2. The molecule has 0 aliphatic rings. The van der Waals surface area contributed by atoms with Crippen LogP contribution in [0.25, 0.3) is 0 Å². The zero-order chi connectivity index (χ0) is 18.5. The highest BCUT2D eigenvalue weighted by Gasteiger charge is 2.31. The predicted molar refractivity (Wildman–Crippen MR) is 81.9 cm³/mol. The fraction of sp³-hybridized carbons (Fsp3) is 0.500. The minimum atomic E-state index is -4.80. The van der Waals surface area contributed by atoms with Crippen LogP contribution in [0.2, 0.25) is 0 Å². The fourth-order valence-corrected chi connectivity index (χ4v) is 2.62. The summed E-state index contributed by atoms with van der Waals surface area (Å²) in [5, 5.41) is 0. The largest absolute Gasteiger partial charge is 0.573 e. The third-order valence-corrected chi connectivity index (χ3v) is 4.02. The minimum Gasteiger partial charge on any atom is -0.406 e. The molecule has 1 amide bonds. The molecule has 0 radical (unpaired) electrons. The summed E-state index contributed by atoms with van der Waals surface area (Å²) in [4.78, 5) is 13.3. The van der Waals surface area contributed by atoms with Gasteiger partial charge in [0.15, 0.2) is 0 Å². The molecule has 0 bridgehead atoms. The van der Waals surface area contributed by atoms with Crippen LogP contribution in [0, 0.1) is 0 Å². The van der Waals surface area contributed by atoms with Crippen LogP contribution in [0.15, 0.2) is 24.3 Å². The Morgan fingerprint density at radius 2 is 2.00 bits per heavy atom. The van der Waals surface area contributed by atoms with Gasteiger partial charge in [0.1, 0.15) is 15.6 Å². The van der Waals surface area contributed by atoms with E-state index in [0.29, 0.717) is 5.56 Å². The Morgan fingerprint density at radius 3 is 2.54 bits per heavy atom. The maximum atomic E-state index is 12.2. The highest BCUT2D eigenvalue weighted by atomic mass is 32.2. The lowest BCUT2D eigenvalue weighted by Crippen LogP contribution is -2.42. The number of ether oxygens (including phenoxy) is 1. The van der Waals surface area contributed by atoms with Gasteiger partial charge < -0.3 is 15.4 Å². The van der Waals surface area contributed by atoms with Crippen molar-refractivity contribution in [3.05, 3.63) is 29.8 Å². The molecule has 0 saturated heterocycles. The van der Waals surface area contributed by atoms with E-state index >= 15 is 0 Å².